The highest BCUT2D eigenvalue weighted by molar-refractivity contribution is 5.75. The Balaban J connectivity index is 2.30. The van der Waals surface area contributed by atoms with Crippen molar-refractivity contribution in [3.63, 3.8) is 0 Å². The highest BCUT2D eigenvalue weighted by Crippen LogP contribution is 2.31. The molecule has 0 aliphatic carbocycles. The van der Waals surface area contributed by atoms with Crippen molar-refractivity contribution in [1.82, 2.24) is 9.38 Å². The predicted octanol–water partition coefficient (Wildman–Crippen LogP) is 4.16. The molecule has 0 spiro atoms. The van der Waals surface area contributed by atoms with Gasteiger partial charge >= 0.3 is 0 Å². The van der Waals surface area contributed by atoms with E-state index in [-0.39, 0.29) is 5.82 Å². The number of pyridine rings is 1. The highest BCUT2D eigenvalue weighted by atomic mass is 19.1. The number of nitroso groups, excluding NO2 is 1. The standard InChI is InChI=1S/C15H12FN3O/c1-9-3-4-11(7-10(9)2)14-15(18-20)19-8-12(16)5-6-13(19)17-14/h3-8H,1-2H3. The molecule has 0 aliphatic rings. The predicted molar refractivity (Wildman–Crippen MR) is 75.5 cm³/mol. The fourth-order valence-corrected chi connectivity index (χ4v) is 2.18. The van der Waals surface area contributed by atoms with Gasteiger partial charge in [-0.1, -0.05) is 12.1 Å². The van der Waals surface area contributed by atoms with Crippen molar-refractivity contribution < 1.29 is 4.39 Å². The Morgan fingerprint density at radius 3 is 2.65 bits per heavy atom. The Morgan fingerprint density at radius 2 is 1.95 bits per heavy atom. The largest absolute Gasteiger partial charge is 0.278 e. The van der Waals surface area contributed by atoms with Gasteiger partial charge in [-0.15, -0.1) is 4.91 Å². The lowest BCUT2D eigenvalue weighted by Gasteiger charge is -2.03. The van der Waals surface area contributed by atoms with Gasteiger partial charge in [0, 0.05) is 11.8 Å². The molecule has 100 valence electrons. The van der Waals surface area contributed by atoms with Crippen molar-refractivity contribution in [2.45, 2.75) is 13.8 Å². The Labute approximate surface area is 114 Å². The number of hydrogen-bond donors (Lipinski definition) is 0. The molecule has 1 aromatic carbocycles. The van der Waals surface area contributed by atoms with Crippen LogP contribution in [0.15, 0.2) is 41.7 Å². The number of rotatable bonds is 2. The molecule has 0 atom stereocenters. The van der Waals surface area contributed by atoms with Gasteiger partial charge in [0.2, 0.25) is 5.82 Å². The van der Waals surface area contributed by atoms with Gasteiger partial charge in [0.15, 0.2) is 0 Å². The summed E-state index contributed by atoms with van der Waals surface area (Å²) in [5.41, 5.74) is 4.02. The van der Waals surface area contributed by atoms with Crippen LogP contribution >= 0.6 is 0 Å². The van der Waals surface area contributed by atoms with Crippen LogP contribution in [0.2, 0.25) is 0 Å². The van der Waals surface area contributed by atoms with E-state index in [0.29, 0.717) is 11.3 Å². The number of imidazole rings is 1. The summed E-state index contributed by atoms with van der Waals surface area (Å²) >= 11 is 0. The van der Waals surface area contributed by atoms with Crippen LogP contribution in [0, 0.1) is 24.6 Å². The molecule has 0 bridgehead atoms. The fourth-order valence-electron chi connectivity index (χ4n) is 2.18. The first-order chi connectivity index (χ1) is 9.60. The lowest BCUT2D eigenvalue weighted by Crippen LogP contribution is -1.85. The minimum absolute atomic E-state index is 0.114. The summed E-state index contributed by atoms with van der Waals surface area (Å²) in [6, 6.07) is 8.62. The summed E-state index contributed by atoms with van der Waals surface area (Å²) in [6.07, 6.45) is 1.21. The van der Waals surface area contributed by atoms with Gasteiger partial charge in [-0.2, -0.15) is 0 Å². The summed E-state index contributed by atoms with van der Waals surface area (Å²) in [4.78, 5) is 15.5. The van der Waals surface area contributed by atoms with Crippen LogP contribution in [0.5, 0.6) is 0 Å². The van der Waals surface area contributed by atoms with Crippen LogP contribution in [0.25, 0.3) is 16.9 Å². The Hall–Kier alpha value is -2.56. The molecule has 0 N–H and O–H groups in total. The maximum atomic E-state index is 13.3. The van der Waals surface area contributed by atoms with Gasteiger partial charge in [-0.05, 0) is 48.4 Å². The van der Waals surface area contributed by atoms with Crippen molar-refractivity contribution in [3.8, 4) is 11.3 Å². The van der Waals surface area contributed by atoms with Crippen molar-refractivity contribution >= 4 is 11.5 Å². The molecule has 2 aromatic heterocycles. The van der Waals surface area contributed by atoms with Crippen LogP contribution in [0.3, 0.4) is 0 Å². The zero-order chi connectivity index (χ0) is 14.3. The molecule has 0 saturated heterocycles. The first kappa shape index (κ1) is 12.5. The zero-order valence-electron chi connectivity index (χ0n) is 11.1. The summed E-state index contributed by atoms with van der Waals surface area (Å²) < 4.78 is 14.7. The second-order valence-electron chi connectivity index (χ2n) is 4.75. The van der Waals surface area contributed by atoms with Crippen LogP contribution in [0.4, 0.5) is 10.2 Å². The number of fused-ring (bicyclic) bond motifs is 1. The number of halogens is 1. The molecule has 3 rings (SSSR count). The lowest BCUT2D eigenvalue weighted by atomic mass is 10.0. The van der Waals surface area contributed by atoms with E-state index in [9.17, 15) is 9.30 Å². The van der Waals surface area contributed by atoms with E-state index in [1.54, 1.807) is 0 Å². The first-order valence-corrected chi connectivity index (χ1v) is 6.19. The Morgan fingerprint density at radius 1 is 1.15 bits per heavy atom. The Bertz CT molecular complexity index is 823. The third-order valence-electron chi connectivity index (χ3n) is 3.42. The van der Waals surface area contributed by atoms with Gasteiger partial charge < -0.3 is 0 Å². The molecule has 0 unspecified atom stereocenters. The van der Waals surface area contributed by atoms with Gasteiger partial charge in [-0.3, -0.25) is 4.40 Å². The van der Waals surface area contributed by atoms with Crippen molar-refractivity contribution in [2.24, 2.45) is 5.18 Å². The molecule has 0 saturated carbocycles. The maximum Gasteiger partial charge on any atom is 0.209 e. The third kappa shape index (κ3) is 1.87. The molecule has 2 heterocycles. The van der Waals surface area contributed by atoms with E-state index in [2.05, 4.69) is 10.2 Å². The molecule has 0 fully saturated rings. The molecule has 4 nitrogen and oxygen atoms in total. The summed E-state index contributed by atoms with van der Waals surface area (Å²) in [6.45, 7) is 4.00. The highest BCUT2D eigenvalue weighted by Gasteiger charge is 2.15. The van der Waals surface area contributed by atoms with E-state index in [1.165, 1.54) is 22.7 Å². The minimum Gasteiger partial charge on any atom is -0.278 e. The minimum atomic E-state index is -0.438. The average molecular weight is 269 g/mol. The van der Waals surface area contributed by atoms with Crippen molar-refractivity contribution in [1.29, 1.82) is 0 Å². The number of aryl methyl sites for hydroxylation is 2. The van der Waals surface area contributed by atoms with E-state index in [0.717, 1.165) is 16.7 Å². The smallest absolute Gasteiger partial charge is 0.209 e. The third-order valence-corrected chi connectivity index (χ3v) is 3.42. The number of hydrogen-bond acceptors (Lipinski definition) is 3. The molecule has 5 heteroatoms. The zero-order valence-corrected chi connectivity index (χ0v) is 11.1. The number of benzene rings is 1. The van der Waals surface area contributed by atoms with Gasteiger partial charge in [0.05, 0.1) is 0 Å². The quantitative estimate of drug-likeness (QED) is 0.656. The van der Waals surface area contributed by atoms with Crippen molar-refractivity contribution in [2.75, 3.05) is 0 Å². The number of nitrogens with zero attached hydrogens (tertiary/aromatic N) is 3. The second-order valence-corrected chi connectivity index (χ2v) is 4.75. The van der Waals surface area contributed by atoms with Gasteiger partial charge in [0.1, 0.15) is 17.2 Å². The van der Waals surface area contributed by atoms with Crippen LogP contribution in [-0.2, 0) is 0 Å². The summed E-state index contributed by atoms with van der Waals surface area (Å²) in [5, 5.41) is 3.01. The fraction of sp³-hybridized carbons (Fsp3) is 0.133. The maximum absolute atomic E-state index is 13.3. The monoisotopic (exact) mass is 269 g/mol. The van der Waals surface area contributed by atoms with Crippen LogP contribution < -0.4 is 0 Å². The van der Waals surface area contributed by atoms with Crippen molar-refractivity contribution in [3.05, 3.63) is 58.4 Å². The lowest BCUT2D eigenvalue weighted by molar-refractivity contribution is 0.619. The normalized spacial score (nSPS) is 10.9. The molecule has 0 aliphatic heterocycles. The molecule has 20 heavy (non-hydrogen) atoms. The summed E-state index contributed by atoms with van der Waals surface area (Å²) in [5.74, 6) is -0.325. The van der Waals surface area contributed by atoms with E-state index in [4.69, 9.17) is 0 Å². The first-order valence-electron chi connectivity index (χ1n) is 6.19. The average Bonchev–Trinajstić information content (AvgIpc) is 2.79. The van der Waals surface area contributed by atoms with E-state index in [1.807, 2.05) is 32.0 Å². The Kier molecular flexibility index (Phi) is 2.82. The molecular weight excluding hydrogens is 257 g/mol. The molecular formula is C15H12FN3O. The van der Waals surface area contributed by atoms with E-state index < -0.39 is 5.82 Å². The van der Waals surface area contributed by atoms with Crippen LogP contribution in [0.1, 0.15) is 11.1 Å². The topological polar surface area (TPSA) is 46.7 Å². The number of aromatic nitrogens is 2. The van der Waals surface area contributed by atoms with Crippen LogP contribution in [-0.4, -0.2) is 9.38 Å². The second kappa shape index (κ2) is 4.52. The van der Waals surface area contributed by atoms with E-state index >= 15 is 0 Å². The van der Waals surface area contributed by atoms with Gasteiger partial charge in [-0.25, -0.2) is 9.37 Å². The van der Waals surface area contributed by atoms with Gasteiger partial charge in [0.25, 0.3) is 0 Å². The molecule has 0 amide bonds. The SMILES string of the molecule is Cc1ccc(-c2nc3ccc(F)cn3c2N=O)cc1C. The molecule has 3 aromatic rings. The summed E-state index contributed by atoms with van der Waals surface area (Å²) in [7, 11) is 0. The molecule has 0 radical (unpaired) electrons.